The molecule has 0 aromatic heterocycles. The predicted molar refractivity (Wildman–Crippen MR) is 56.8 cm³/mol. The first kappa shape index (κ1) is 10.4. The number of hydrogen-bond acceptors (Lipinski definition) is 3. The lowest BCUT2D eigenvalue weighted by atomic mass is 10.0. The van der Waals surface area contributed by atoms with Crippen molar-refractivity contribution in [3.63, 3.8) is 0 Å². The molecule has 0 saturated heterocycles. The van der Waals surface area contributed by atoms with Crippen LogP contribution in [0.15, 0.2) is 22.7 Å². The Labute approximate surface area is 95.3 Å². The minimum absolute atomic E-state index is 0.497. The number of amides is 1. The first-order chi connectivity index (χ1) is 7.20. The molecule has 5 heteroatoms. The summed E-state index contributed by atoms with van der Waals surface area (Å²) in [6.07, 6.45) is 0.756. The van der Waals surface area contributed by atoms with Crippen LogP contribution in [0.1, 0.15) is 12.0 Å². The molecule has 15 heavy (non-hydrogen) atoms. The molecule has 2 N–H and O–H groups in total. The number of nitrogens with one attached hydrogen (secondary N) is 1. The molecule has 1 heterocycles. The zero-order valence-electron chi connectivity index (χ0n) is 7.87. The molecular formula is C10H10BrNO3. The van der Waals surface area contributed by atoms with Crippen molar-refractivity contribution in [1.29, 1.82) is 0 Å². The summed E-state index contributed by atoms with van der Waals surface area (Å²) in [4.78, 5) is 11.1. The minimum Gasteiger partial charge on any atom is -0.480 e. The third-order valence-corrected chi connectivity index (χ3v) is 2.86. The van der Waals surface area contributed by atoms with Gasteiger partial charge in [0.15, 0.2) is 6.10 Å². The molecule has 1 aromatic carbocycles. The van der Waals surface area contributed by atoms with E-state index in [0.29, 0.717) is 12.2 Å². The number of ether oxygens (including phenoxy) is 1. The summed E-state index contributed by atoms with van der Waals surface area (Å²) in [7, 11) is 0. The van der Waals surface area contributed by atoms with Crippen molar-refractivity contribution in [3.05, 3.63) is 28.2 Å². The molecule has 1 atom stereocenters. The van der Waals surface area contributed by atoms with Crippen LogP contribution >= 0.6 is 15.9 Å². The maximum atomic E-state index is 11.1. The maximum absolute atomic E-state index is 11.1. The van der Waals surface area contributed by atoms with Crippen LogP contribution in [0.3, 0.4) is 0 Å². The Morgan fingerprint density at radius 1 is 1.60 bits per heavy atom. The van der Waals surface area contributed by atoms with E-state index in [2.05, 4.69) is 15.9 Å². The second-order valence-electron chi connectivity index (χ2n) is 3.37. The average molecular weight is 272 g/mol. The standard InChI is InChI=1S/C10H10BrNO3/c11-7-2-4-8-6(5-7)1-3-9(15-8)10(13)12-14/h2,4-5,9,14H,1,3H2,(H,12,13). The maximum Gasteiger partial charge on any atom is 0.284 e. The van der Waals surface area contributed by atoms with Crippen molar-refractivity contribution in [1.82, 2.24) is 5.48 Å². The van der Waals surface area contributed by atoms with Gasteiger partial charge in [-0.2, -0.15) is 0 Å². The van der Waals surface area contributed by atoms with Gasteiger partial charge in [-0.1, -0.05) is 15.9 Å². The van der Waals surface area contributed by atoms with Gasteiger partial charge in [0.1, 0.15) is 5.75 Å². The molecule has 0 fully saturated rings. The van der Waals surface area contributed by atoms with E-state index >= 15 is 0 Å². The van der Waals surface area contributed by atoms with Gasteiger partial charge in [0.05, 0.1) is 0 Å². The third-order valence-electron chi connectivity index (χ3n) is 2.37. The van der Waals surface area contributed by atoms with Crippen molar-refractivity contribution in [2.45, 2.75) is 18.9 Å². The monoisotopic (exact) mass is 271 g/mol. The molecule has 0 saturated carbocycles. The van der Waals surface area contributed by atoms with Crippen LogP contribution in [0.4, 0.5) is 0 Å². The van der Waals surface area contributed by atoms with Gasteiger partial charge in [-0.05, 0) is 36.6 Å². The fourth-order valence-electron chi connectivity index (χ4n) is 1.61. The molecule has 1 aliphatic rings. The number of rotatable bonds is 1. The number of aryl methyl sites for hydroxylation is 1. The van der Waals surface area contributed by atoms with Crippen LogP contribution in [0, 0.1) is 0 Å². The largest absolute Gasteiger partial charge is 0.480 e. The second-order valence-corrected chi connectivity index (χ2v) is 4.29. The van der Waals surface area contributed by atoms with Gasteiger partial charge in [-0.3, -0.25) is 10.0 Å². The lowest BCUT2D eigenvalue weighted by Gasteiger charge is -2.24. The number of benzene rings is 1. The van der Waals surface area contributed by atoms with E-state index in [1.54, 1.807) is 5.48 Å². The third kappa shape index (κ3) is 2.13. The minimum atomic E-state index is -0.594. The molecule has 1 amide bonds. The fraction of sp³-hybridized carbons (Fsp3) is 0.300. The summed E-state index contributed by atoms with van der Waals surface area (Å²) >= 11 is 3.37. The summed E-state index contributed by atoms with van der Waals surface area (Å²) in [5.41, 5.74) is 2.68. The normalized spacial score (nSPS) is 18.9. The summed E-state index contributed by atoms with van der Waals surface area (Å²) in [6, 6.07) is 5.65. The van der Waals surface area contributed by atoms with E-state index in [4.69, 9.17) is 9.94 Å². The van der Waals surface area contributed by atoms with E-state index in [1.165, 1.54) is 0 Å². The molecule has 4 nitrogen and oxygen atoms in total. The molecule has 1 aromatic rings. The quantitative estimate of drug-likeness (QED) is 0.603. The topological polar surface area (TPSA) is 58.6 Å². The summed E-state index contributed by atoms with van der Waals surface area (Å²) in [5, 5.41) is 8.49. The number of carbonyl (C=O) groups excluding carboxylic acids is 1. The number of fused-ring (bicyclic) bond motifs is 1. The number of hydrogen-bond donors (Lipinski definition) is 2. The Bertz CT molecular complexity index is 394. The predicted octanol–water partition coefficient (Wildman–Crippen LogP) is 1.65. The van der Waals surface area contributed by atoms with Crippen LogP contribution in [0.25, 0.3) is 0 Å². The van der Waals surface area contributed by atoms with Gasteiger partial charge in [-0.25, -0.2) is 5.48 Å². The zero-order valence-corrected chi connectivity index (χ0v) is 9.45. The highest BCUT2D eigenvalue weighted by atomic mass is 79.9. The lowest BCUT2D eigenvalue weighted by Crippen LogP contribution is -2.38. The van der Waals surface area contributed by atoms with Crippen LogP contribution in [0.2, 0.25) is 0 Å². The number of hydroxylamine groups is 1. The highest BCUT2D eigenvalue weighted by Crippen LogP contribution is 2.30. The van der Waals surface area contributed by atoms with Gasteiger partial charge >= 0.3 is 0 Å². The second kappa shape index (κ2) is 4.20. The Morgan fingerprint density at radius 2 is 2.40 bits per heavy atom. The van der Waals surface area contributed by atoms with E-state index in [0.717, 1.165) is 16.5 Å². The van der Waals surface area contributed by atoms with Gasteiger partial charge < -0.3 is 4.74 Å². The van der Waals surface area contributed by atoms with Crippen LogP contribution in [0.5, 0.6) is 5.75 Å². The van der Waals surface area contributed by atoms with Crippen molar-refractivity contribution in [2.75, 3.05) is 0 Å². The Morgan fingerprint density at radius 3 is 3.13 bits per heavy atom. The Kier molecular flexibility index (Phi) is 2.93. The first-order valence-corrected chi connectivity index (χ1v) is 5.39. The van der Waals surface area contributed by atoms with E-state index in [-0.39, 0.29) is 0 Å². The first-order valence-electron chi connectivity index (χ1n) is 4.60. The van der Waals surface area contributed by atoms with Gasteiger partial charge in [-0.15, -0.1) is 0 Å². The highest BCUT2D eigenvalue weighted by molar-refractivity contribution is 9.10. The molecule has 0 aliphatic carbocycles. The molecule has 1 aliphatic heterocycles. The van der Waals surface area contributed by atoms with Crippen molar-refractivity contribution < 1.29 is 14.7 Å². The Balaban J connectivity index is 2.20. The van der Waals surface area contributed by atoms with E-state index < -0.39 is 12.0 Å². The molecule has 0 bridgehead atoms. The summed E-state index contributed by atoms with van der Waals surface area (Å²) in [5.74, 6) is 0.210. The molecule has 0 radical (unpaired) electrons. The van der Waals surface area contributed by atoms with Crippen LogP contribution in [-0.2, 0) is 11.2 Å². The molecule has 2 rings (SSSR count). The molecule has 1 unspecified atom stereocenters. The zero-order chi connectivity index (χ0) is 10.8. The SMILES string of the molecule is O=C(NO)C1CCc2cc(Br)ccc2O1. The van der Waals surface area contributed by atoms with Gasteiger partial charge in [0, 0.05) is 4.47 Å². The van der Waals surface area contributed by atoms with Crippen LogP contribution in [-0.4, -0.2) is 17.2 Å². The lowest BCUT2D eigenvalue weighted by molar-refractivity contribution is -0.137. The highest BCUT2D eigenvalue weighted by Gasteiger charge is 2.25. The number of halogens is 1. The van der Waals surface area contributed by atoms with Gasteiger partial charge in [0.25, 0.3) is 5.91 Å². The average Bonchev–Trinajstić information content (AvgIpc) is 2.27. The Hall–Kier alpha value is -1.07. The number of carbonyl (C=O) groups is 1. The van der Waals surface area contributed by atoms with Crippen molar-refractivity contribution >= 4 is 21.8 Å². The molecule has 80 valence electrons. The fourth-order valence-corrected chi connectivity index (χ4v) is 2.02. The molecule has 0 spiro atoms. The molecular weight excluding hydrogens is 262 g/mol. The van der Waals surface area contributed by atoms with Crippen LogP contribution < -0.4 is 10.2 Å². The summed E-state index contributed by atoms with van der Waals surface area (Å²) in [6.45, 7) is 0. The van der Waals surface area contributed by atoms with Crippen molar-refractivity contribution in [3.8, 4) is 5.75 Å². The van der Waals surface area contributed by atoms with Crippen molar-refractivity contribution in [2.24, 2.45) is 0 Å². The summed E-state index contributed by atoms with van der Waals surface area (Å²) < 4.78 is 6.44. The smallest absolute Gasteiger partial charge is 0.284 e. The van der Waals surface area contributed by atoms with E-state index in [1.807, 2.05) is 18.2 Å². The van der Waals surface area contributed by atoms with Gasteiger partial charge in [0.2, 0.25) is 0 Å². The van der Waals surface area contributed by atoms with E-state index in [9.17, 15) is 4.79 Å².